The number of amidine groups is 1. The molecule has 0 bridgehead atoms. The molecular weight excluding hydrogens is 560 g/mol. The summed E-state index contributed by atoms with van der Waals surface area (Å²) in [5, 5.41) is 31.8. The van der Waals surface area contributed by atoms with Crippen molar-refractivity contribution >= 4 is 30.0 Å². The number of hydrogen-bond acceptors (Lipinski definition) is 10. The van der Waals surface area contributed by atoms with Crippen molar-refractivity contribution in [2.45, 2.75) is 102 Å². The summed E-state index contributed by atoms with van der Waals surface area (Å²) >= 11 is 0. The van der Waals surface area contributed by atoms with E-state index in [1.54, 1.807) is 20.8 Å². The number of aliphatic hydroxyl groups excluding tert-OH is 1. The Morgan fingerprint density at radius 2 is 1.91 bits per heavy atom. The second-order valence-corrected chi connectivity index (χ2v) is 12.6. The van der Waals surface area contributed by atoms with Gasteiger partial charge in [-0.2, -0.15) is 10.3 Å². The predicted molar refractivity (Wildman–Crippen MR) is 154 cm³/mol. The highest BCUT2D eigenvalue weighted by atomic mass is 16.6. The summed E-state index contributed by atoms with van der Waals surface area (Å²) in [6.07, 6.45) is 0.691. The van der Waals surface area contributed by atoms with Crippen molar-refractivity contribution in [1.82, 2.24) is 4.98 Å². The fraction of sp³-hybridized carbons (Fsp3) is 0.655. The summed E-state index contributed by atoms with van der Waals surface area (Å²) in [6.45, 7) is 7.34. The van der Waals surface area contributed by atoms with E-state index in [2.05, 4.69) is 15.0 Å². The minimum absolute atomic E-state index is 0.00841. The van der Waals surface area contributed by atoms with Crippen LogP contribution in [0.4, 0.5) is 0 Å². The maximum absolute atomic E-state index is 13.0. The molecule has 1 aliphatic heterocycles. The lowest BCUT2D eigenvalue weighted by molar-refractivity contribution is -0.163. The smallest absolute Gasteiger partial charge is 0.323 e. The number of H-pyrrole nitrogens is 1. The number of amides is 1. The second kappa shape index (κ2) is 13.3. The Labute approximate surface area is 250 Å². The third kappa shape index (κ3) is 7.85. The van der Waals surface area contributed by atoms with Crippen LogP contribution in [0.25, 0.3) is 0 Å². The van der Waals surface area contributed by atoms with Gasteiger partial charge >= 0.3 is 11.9 Å². The molecule has 1 saturated heterocycles. The van der Waals surface area contributed by atoms with Crippen LogP contribution in [0.2, 0.25) is 0 Å². The molecule has 2 fully saturated rings. The third-order valence-electron chi connectivity index (χ3n) is 7.63. The lowest BCUT2D eigenvalue weighted by atomic mass is 9.87. The number of nitrogens with zero attached hydrogens (tertiary/aromatic N) is 3. The predicted octanol–water partition coefficient (Wildman–Crippen LogP) is 0.933. The van der Waals surface area contributed by atoms with Crippen molar-refractivity contribution in [3.8, 4) is 6.07 Å². The maximum Gasteiger partial charge on any atom is 0.323 e. The number of carbonyl (C=O) groups is 3. The molecule has 14 nitrogen and oxygen atoms in total. The summed E-state index contributed by atoms with van der Waals surface area (Å²) in [5.41, 5.74) is 7.03. The first kappa shape index (κ1) is 33.9. The van der Waals surface area contributed by atoms with Crippen LogP contribution in [0.15, 0.2) is 22.1 Å². The van der Waals surface area contributed by atoms with Crippen molar-refractivity contribution in [3.63, 3.8) is 0 Å². The van der Waals surface area contributed by atoms with Crippen LogP contribution < -0.4 is 11.5 Å². The number of hydrogen-bond donors (Lipinski definition) is 5. The molecule has 43 heavy (non-hydrogen) atoms. The van der Waals surface area contributed by atoms with Crippen molar-refractivity contribution in [2.24, 2.45) is 32.8 Å². The van der Waals surface area contributed by atoms with Gasteiger partial charge in [-0.15, -0.1) is 0 Å². The number of nitrogens with one attached hydrogen (secondary N) is 1. The number of esters is 2. The van der Waals surface area contributed by atoms with Gasteiger partial charge in [-0.1, -0.05) is 33.6 Å². The molecule has 7 N–H and O–H groups in total. The lowest BCUT2D eigenvalue weighted by Gasteiger charge is -2.28. The molecule has 0 unspecified atom stereocenters. The van der Waals surface area contributed by atoms with Crippen molar-refractivity contribution < 1.29 is 38.8 Å². The van der Waals surface area contributed by atoms with E-state index in [9.17, 15) is 29.9 Å². The molecule has 3 rings (SSSR count). The lowest BCUT2D eigenvalue weighted by Crippen LogP contribution is -2.49. The fourth-order valence-electron chi connectivity index (χ4n) is 4.90. The summed E-state index contributed by atoms with van der Waals surface area (Å²) in [5.74, 6) is -2.18. The zero-order valence-corrected chi connectivity index (χ0v) is 25.2. The van der Waals surface area contributed by atoms with Gasteiger partial charge in [0.15, 0.2) is 11.9 Å². The average molecular weight is 603 g/mol. The second-order valence-electron chi connectivity index (χ2n) is 12.6. The molecule has 1 aliphatic carbocycles. The highest BCUT2D eigenvalue weighted by Gasteiger charge is 2.59. The normalized spacial score (nSPS) is 25.9. The van der Waals surface area contributed by atoms with Gasteiger partial charge in [0, 0.05) is 6.42 Å². The number of carbonyl (C=O) groups excluding carboxylic acids is 3. The van der Waals surface area contributed by atoms with Crippen LogP contribution in [0.3, 0.4) is 0 Å². The molecule has 1 saturated carbocycles. The van der Waals surface area contributed by atoms with Crippen molar-refractivity contribution in [2.75, 3.05) is 6.61 Å². The Hall–Kier alpha value is -3.64. The van der Waals surface area contributed by atoms with Crippen molar-refractivity contribution in [1.29, 1.82) is 5.26 Å². The van der Waals surface area contributed by atoms with E-state index in [1.165, 1.54) is 26.0 Å². The van der Waals surface area contributed by atoms with Crippen LogP contribution in [0.5, 0.6) is 0 Å². The number of aliphatic hydroxyl groups is 2. The third-order valence-corrected chi connectivity index (χ3v) is 7.63. The first-order chi connectivity index (χ1) is 20.0. The number of nitriles is 1. The van der Waals surface area contributed by atoms with Gasteiger partial charge in [-0.25, -0.2) is 4.99 Å². The number of aliphatic imine (C=N–C) groups is 2. The standard InChI is InChI=1S/C29H42N6O8/c1-27(2,3)22(32)25(38)42-21-18(13-41-20(36)12-16-8-6-7-9-16)43-29(14-30,23(21)37)19-11-10-17(34-19)24(33-15-31)35-26(39)28(4,5)40/h10-11,15-16,18,21-23,34,37,40H,6-9,12-13,32H2,1-5H3,(H2,31,33,35,39)/t18-,21-,22-,23-,29+/m1/s1. The fourth-order valence-corrected chi connectivity index (χ4v) is 4.90. The maximum atomic E-state index is 13.0. The van der Waals surface area contributed by atoms with Gasteiger partial charge in [0.25, 0.3) is 5.91 Å². The summed E-state index contributed by atoms with van der Waals surface area (Å²) in [4.78, 5) is 48.4. The topological polar surface area (TPSA) is 236 Å². The number of ether oxygens (including phenoxy) is 3. The van der Waals surface area contributed by atoms with Gasteiger partial charge in [-0.05, 0) is 50.2 Å². The summed E-state index contributed by atoms with van der Waals surface area (Å²) in [7, 11) is 0. The van der Waals surface area contributed by atoms with E-state index in [0.717, 1.165) is 32.0 Å². The Bertz CT molecular complexity index is 1280. The molecule has 1 aromatic heterocycles. The Morgan fingerprint density at radius 3 is 2.47 bits per heavy atom. The first-order valence-electron chi connectivity index (χ1n) is 14.2. The molecule has 2 aliphatic rings. The average Bonchev–Trinajstić information content (AvgIpc) is 3.67. The minimum Gasteiger partial charge on any atom is -0.463 e. The first-order valence-corrected chi connectivity index (χ1v) is 14.2. The molecule has 5 atom stereocenters. The highest BCUT2D eigenvalue weighted by Crippen LogP contribution is 2.41. The van der Waals surface area contributed by atoms with Crippen molar-refractivity contribution in [3.05, 3.63) is 23.5 Å². The quantitative estimate of drug-likeness (QED) is 0.151. The Balaban J connectivity index is 1.94. The number of rotatable bonds is 9. The molecule has 236 valence electrons. The number of aromatic nitrogens is 1. The SMILES string of the molecule is CC(C)(O)C(=O)N=C(N=CN)c1ccc([C@]2(C#N)O[C@H](COC(=O)CC3CCCC3)[C@@H](OC(=O)[C@@H](N)C(C)(C)C)[C@H]2O)[nH]1. The van der Waals surface area contributed by atoms with E-state index in [-0.39, 0.29) is 29.6 Å². The zero-order chi connectivity index (χ0) is 32.2. The molecule has 1 amide bonds. The molecule has 1 aromatic rings. The van der Waals surface area contributed by atoms with Crippen LogP contribution in [-0.2, 0) is 34.2 Å². The van der Waals surface area contributed by atoms with Gasteiger partial charge in [-0.3, -0.25) is 14.4 Å². The summed E-state index contributed by atoms with van der Waals surface area (Å²) in [6, 6.07) is 3.70. The highest BCUT2D eigenvalue weighted by molar-refractivity contribution is 6.08. The monoisotopic (exact) mass is 602 g/mol. The Morgan fingerprint density at radius 1 is 1.26 bits per heavy atom. The van der Waals surface area contributed by atoms with E-state index < -0.39 is 65.4 Å². The van der Waals surface area contributed by atoms with Crippen LogP contribution in [0.1, 0.15) is 78.1 Å². The van der Waals surface area contributed by atoms with Crippen LogP contribution in [-0.4, -0.2) is 81.8 Å². The van der Waals surface area contributed by atoms with E-state index >= 15 is 0 Å². The molecule has 0 spiro atoms. The van der Waals surface area contributed by atoms with E-state index in [4.69, 9.17) is 25.7 Å². The molecule has 0 aromatic carbocycles. The van der Waals surface area contributed by atoms with E-state index in [1.807, 2.05) is 6.07 Å². The van der Waals surface area contributed by atoms with Crippen LogP contribution in [0, 0.1) is 22.7 Å². The van der Waals surface area contributed by atoms with Gasteiger partial charge in [0.1, 0.15) is 36.5 Å². The minimum atomic E-state index is -2.13. The van der Waals surface area contributed by atoms with Crippen LogP contribution >= 0.6 is 0 Å². The number of nitrogens with two attached hydrogens (primary N) is 2. The molecule has 2 heterocycles. The number of aromatic amines is 1. The Kier molecular flexibility index (Phi) is 10.5. The summed E-state index contributed by atoms with van der Waals surface area (Å²) < 4.78 is 17.1. The zero-order valence-electron chi connectivity index (χ0n) is 25.2. The molecule has 14 heteroatoms. The van der Waals surface area contributed by atoms with E-state index in [0.29, 0.717) is 0 Å². The van der Waals surface area contributed by atoms with Gasteiger partial charge < -0.3 is 40.9 Å². The van der Waals surface area contributed by atoms with Gasteiger partial charge in [0.2, 0.25) is 5.60 Å². The molecule has 0 radical (unpaired) electrons. The largest absolute Gasteiger partial charge is 0.463 e. The van der Waals surface area contributed by atoms with Gasteiger partial charge in [0.05, 0.1) is 17.7 Å². The molecular formula is C29H42N6O8.